The van der Waals surface area contributed by atoms with Gasteiger partial charge in [-0.25, -0.2) is 4.79 Å². The fourth-order valence-corrected chi connectivity index (χ4v) is 2.57. The van der Waals surface area contributed by atoms with Crippen LogP contribution >= 0.6 is 12.6 Å². The van der Waals surface area contributed by atoms with Crippen LogP contribution in [-0.4, -0.2) is 81.5 Å². The monoisotopic (exact) mass is 450 g/mol. The zero-order chi connectivity index (χ0) is 23.4. The quantitative estimate of drug-likeness (QED) is 0.133. The number of carboxylic acid groups (broad SMARTS) is 2. The lowest BCUT2D eigenvalue weighted by Gasteiger charge is -2.25. The predicted octanol–water partition coefficient (Wildman–Crippen LogP) is -2.31. The van der Waals surface area contributed by atoms with Crippen molar-refractivity contribution in [2.45, 2.75) is 57.3 Å². The molecule has 13 heteroatoms. The Bertz CT molecular complexity index is 631. The lowest BCUT2D eigenvalue weighted by Crippen LogP contribution is -2.58. The number of aliphatic hydroxyl groups is 1. The van der Waals surface area contributed by atoms with E-state index in [1.165, 1.54) is 0 Å². The molecule has 0 aliphatic heterocycles. The van der Waals surface area contributed by atoms with Gasteiger partial charge < -0.3 is 37.0 Å². The molecule has 0 spiro atoms. The van der Waals surface area contributed by atoms with Crippen LogP contribution in [-0.2, 0) is 24.0 Å². The van der Waals surface area contributed by atoms with E-state index in [1.54, 1.807) is 13.8 Å². The van der Waals surface area contributed by atoms with Gasteiger partial charge in [-0.3, -0.25) is 19.2 Å². The van der Waals surface area contributed by atoms with Crippen molar-refractivity contribution in [3.05, 3.63) is 0 Å². The normalized spacial score (nSPS) is 14.9. The van der Waals surface area contributed by atoms with Crippen molar-refractivity contribution in [2.24, 2.45) is 11.7 Å². The van der Waals surface area contributed by atoms with E-state index >= 15 is 0 Å². The molecule has 0 aromatic rings. The van der Waals surface area contributed by atoms with Crippen molar-refractivity contribution in [1.82, 2.24) is 16.0 Å². The van der Waals surface area contributed by atoms with E-state index < -0.39 is 60.4 Å². The summed E-state index contributed by atoms with van der Waals surface area (Å²) in [6.45, 7) is 2.77. The number of aliphatic carboxylic acids is 2. The molecule has 0 aromatic heterocycles. The minimum absolute atomic E-state index is 0.0228. The number of hydrogen-bond acceptors (Lipinski definition) is 8. The van der Waals surface area contributed by atoms with Crippen LogP contribution in [0.25, 0.3) is 0 Å². The Labute approximate surface area is 179 Å². The van der Waals surface area contributed by atoms with Crippen LogP contribution in [0, 0.1) is 5.92 Å². The van der Waals surface area contributed by atoms with Gasteiger partial charge in [0.2, 0.25) is 17.7 Å². The minimum Gasteiger partial charge on any atom is -0.481 e. The van der Waals surface area contributed by atoms with Gasteiger partial charge in [-0.1, -0.05) is 13.8 Å². The summed E-state index contributed by atoms with van der Waals surface area (Å²) >= 11 is 3.97. The maximum atomic E-state index is 12.6. The van der Waals surface area contributed by atoms with Crippen LogP contribution in [0.1, 0.15) is 33.1 Å². The second-order valence-corrected chi connectivity index (χ2v) is 7.42. The number of nitrogens with one attached hydrogen (secondary N) is 3. The molecular formula is C17H30N4O8S. The van der Waals surface area contributed by atoms with E-state index in [0.717, 1.165) is 0 Å². The zero-order valence-electron chi connectivity index (χ0n) is 16.8. The van der Waals surface area contributed by atoms with E-state index in [4.69, 9.17) is 21.1 Å². The second-order valence-electron chi connectivity index (χ2n) is 7.06. The van der Waals surface area contributed by atoms with Crippen LogP contribution < -0.4 is 21.7 Å². The number of amides is 3. The summed E-state index contributed by atoms with van der Waals surface area (Å²) in [6, 6.07) is -4.96. The summed E-state index contributed by atoms with van der Waals surface area (Å²) in [6.07, 6.45) is -0.220. The Morgan fingerprint density at radius 2 is 1.40 bits per heavy atom. The number of thiol groups is 1. The highest BCUT2D eigenvalue weighted by molar-refractivity contribution is 7.80. The fraction of sp³-hybridized carbons (Fsp3) is 0.706. The first-order valence-corrected chi connectivity index (χ1v) is 9.89. The van der Waals surface area contributed by atoms with Crippen molar-refractivity contribution in [3.63, 3.8) is 0 Å². The molecule has 0 fully saturated rings. The third-order valence-corrected chi connectivity index (χ3v) is 4.32. The number of aliphatic hydroxyl groups excluding tert-OH is 1. The summed E-state index contributed by atoms with van der Waals surface area (Å²) in [4.78, 5) is 58.6. The average Bonchev–Trinajstić information content (AvgIpc) is 2.66. The number of hydrogen-bond donors (Lipinski definition) is 8. The maximum Gasteiger partial charge on any atom is 0.328 e. The van der Waals surface area contributed by atoms with Gasteiger partial charge in [0.15, 0.2) is 0 Å². The summed E-state index contributed by atoms with van der Waals surface area (Å²) < 4.78 is 0. The predicted molar refractivity (Wildman–Crippen MR) is 109 cm³/mol. The van der Waals surface area contributed by atoms with Gasteiger partial charge in [-0.2, -0.15) is 12.6 Å². The van der Waals surface area contributed by atoms with Crippen molar-refractivity contribution >= 4 is 42.3 Å². The molecule has 30 heavy (non-hydrogen) atoms. The Morgan fingerprint density at radius 3 is 1.83 bits per heavy atom. The van der Waals surface area contributed by atoms with Crippen LogP contribution in [0.3, 0.4) is 0 Å². The van der Waals surface area contributed by atoms with E-state index in [2.05, 4.69) is 28.6 Å². The maximum absolute atomic E-state index is 12.6. The molecule has 0 heterocycles. The van der Waals surface area contributed by atoms with E-state index in [0.29, 0.717) is 0 Å². The van der Waals surface area contributed by atoms with E-state index in [1.807, 2.05) is 0 Å². The molecule has 4 unspecified atom stereocenters. The molecule has 4 atom stereocenters. The van der Waals surface area contributed by atoms with Crippen LogP contribution in [0.2, 0.25) is 0 Å². The standard InChI is InChI=1S/C17H30N4O8S/c1-8(2)5-10(19-14(25)9(18)3-4-13(23)24)15(26)21-12(7-30)16(27)20-11(6-22)17(28)29/h8-12,22,30H,3-7,18H2,1-2H3,(H,19,25)(H,20,27)(H,21,26)(H,23,24)(H,28,29). The SMILES string of the molecule is CC(C)CC(NC(=O)C(N)CCC(=O)O)C(=O)NC(CS)C(=O)NC(CO)C(=O)O. The van der Waals surface area contributed by atoms with Crippen LogP contribution in [0.4, 0.5) is 0 Å². The smallest absolute Gasteiger partial charge is 0.328 e. The second kappa shape index (κ2) is 13.8. The Morgan fingerprint density at radius 1 is 0.900 bits per heavy atom. The highest BCUT2D eigenvalue weighted by atomic mass is 32.1. The Hall–Kier alpha value is -2.38. The highest BCUT2D eigenvalue weighted by Gasteiger charge is 2.30. The molecule has 0 radical (unpaired) electrons. The van der Waals surface area contributed by atoms with Crippen LogP contribution in [0.5, 0.6) is 0 Å². The number of nitrogens with two attached hydrogens (primary N) is 1. The highest BCUT2D eigenvalue weighted by Crippen LogP contribution is 2.07. The molecular weight excluding hydrogens is 420 g/mol. The van der Waals surface area contributed by atoms with Gasteiger partial charge in [0.1, 0.15) is 18.1 Å². The minimum atomic E-state index is -1.55. The molecule has 0 bridgehead atoms. The molecule has 8 N–H and O–H groups in total. The topological polar surface area (TPSA) is 208 Å². The molecule has 0 aliphatic carbocycles. The number of carbonyl (C=O) groups is 5. The van der Waals surface area contributed by atoms with Gasteiger partial charge in [0.05, 0.1) is 12.6 Å². The van der Waals surface area contributed by atoms with Gasteiger partial charge in [0, 0.05) is 12.2 Å². The molecule has 12 nitrogen and oxygen atoms in total. The number of carboxylic acids is 2. The van der Waals surface area contributed by atoms with Crippen molar-refractivity contribution in [3.8, 4) is 0 Å². The molecule has 3 amide bonds. The van der Waals surface area contributed by atoms with Crippen molar-refractivity contribution in [1.29, 1.82) is 0 Å². The molecule has 0 aromatic carbocycles. The van der Waals surface area contributed by atoms with Crippen molar-refractivity contribution in [2.75, 3.05) is 12.4 Å². The lowest BCUT2D eigenvalue weighted by atomic mass is 10.0. The Balaban J connectivity index is 5.14. The van der Waals surface area contributed by atoms with Gasteiger partial charge >= 0.3 is 11.9 Å². The number of carbonyl (C=O) groups excluding carboxylic acids is 3. The molecule has 0 rings (SSSR count). The Kier molecular flexibility index (Phi) is 12.7. The number of rotatable bonds is 14. The molecule has 0 aliphatic rings. The third kappa shape index (κ3) is 10.4. The zero-order valence-corrected chi connectivity index (χ0v) is 17.7. The molecule has 0 saturated heterocycles. The first-order chi connectivity index (χ1) is 13.9. The summed E-state index contributed by atoms with van der Waals surface area (Å²) in [5.74, 6) is -5.05. The fourth-order valence-electron chi connectivity index (χ4n) is 2.32. The summed E-state index contributed by atoms with van der Waals surface area (Å²) in [7, 11) is 0. The third-order valence-electron chi connectivity index (χ3n) is 3.96. The van der Waals surface area contributed by atoms with Gasteiger partial charge in [-0.05, 0) is 18.8 Å². The molecule has 172 valence electrons. The van der Waals surface area contributed by atoms with Gasteiger partial charge in [-0.15, -0.1) is 0 Å². The summed E-state index contributed by atoms with van der Waals surface area (Å²) in [5.41, 5.74) is 5.66. The first-order valence-electron chi connectivity index (χ1n) is 9.25. The lowest BCUT2D eigenvalue weighted by molar-refractivity contribution is -0.143. The van der Waals surface area contributed by atoms with Crippen molar-refractivity contribution < 1.29 is 39.3 Å². The largest absolute Gasteiger partial charge is 0.481 e. The van der Waals surface area contributed by atoms with Gasteiger partial charge in [0.25, 0.3) is 0 Å². The van der Waals surface area contributed by atoms with Crippen LogP contribution in [0.15, 0.2) is 0 Å². The van der Waals surface area contributed by atoms with E-state index in [9.17, 15) is 24.0 Å². The molecule has 0 saturated carbocycles. The first kappa shape index (κ1) is 27.6. The van der Waals surface area contributed by atoms with E-state index in [-0.39, 0.29) is 30.9 Å². The summed E-state index contributed by atoms with van der Waals surface area (Å²) in [5, 5.41) is 33.5. The average molecular weight is 451 g/mol.